The zero-order chi connectivity index (χ0) is 13.0. The molecule has 0 atom stereocenters. The molecule has 0 fully saturated rings. The number of hydrogen-bond donors (Lipinski definition) is 1. The van der Waals surface area contributed by atoms with Crippen LogP contribution in [0, 0.1) is 0 Å². The van der Waals surface area contributed by atoms with Crippen LogP contribution in [0.2, 0.25) is 10.0 Å². The minimum absolute atomic E-state index is 0.579. The molecule has 1 aromatic carbocycles. The second-order valence-corrected chi connectivity index (χ2v) is 6.45. The molecule has 96 valence electrons. The topological polar surface area (TPSA) is 37.8 Å². The number of nitrogens with one attached hydrogen (secondary N) is 1. The summed E-state index contributed by atoms with van der Waals surface area (Å²) in [7, 11) is 0. The maximum atomic E-state index is 5.96. The SMILES string of the molecule is CCNc1nnc(SCc2ccc(Cl)c(Cl)c2)s1. The Morgan fingerprint density at radius 2 is 2.11 bits per heavy atom. The van der Waals surface area contributed by atoms with E-state index in [0.29, 0.717) is 10.0 Å². The average molecular weight is 320 g/mol. The summed E-state index contributed by atoms with van der Waals surface area (Å²) in [5.41, 5.74) is 1.12. The van der Waals surface area contributed by atoms with Gasteiger partial charge in [-0.05, 0) is 24.6 Å². The van der Waals surface area contributed by atoms with Crippen LogP contribution in [0.15, 0.2) is 22.5 Å². The van der Waals surface area contributed by atoms with Crippen molar-refractivity contribution in [3.63, 3.8) is 0 Å². The van der Waals surface area contributed by atoms with Gasteiger partial charge in [-0.1, -0.05) is 52.4 Å². The van der Waals surface area contributed by atoms with Crippen LogP contribution in [0.5, 0.6) is 0 Å². The number of anilines is 1. The Labute approximate surface area is 124 Å². The molecule has 0 saturated heterocycles. The van der Waals surface area contributed by atoms with Crippen molar-refractivity contribution in [3.05, 3.63) is 33.8 Å². The normalized spacial score (nSPS) is 10.6. The first-order chi connectivity index (χ1) is 8.69. The summed E-state index contributed by atoms with van der Waals surface area (Å²) < 4.78 is 0.942. The highest BCUT2D eigenvalue weighted by Gasteiger charge is 2.05. The van der Waals surface area contributed by atoms with Gasteiger partial charge >= 0.3 is 0 Å². The lowest BCUT2D eigenvalue weighted by atomic mass is 10.2. The standard InChI is InChI=1S/C11H11Cl2N3S2/c1-2-14-10-15-16-11(18-10)17-6-7-3-4-8(12)9(13)5-7/h3-5H,2,6H2,1H3,(H,14,15). The third kappa shape index (κ3) is 3.75. The predicted octanol–water partition coefficient (Wildman–Crippen LogP) is 4.57. The zero-order valence-corrected chi connectivity index (χ0v) is 12.8. The summed E-state index contributed by atoms with van der Waals surface area (Å²) in [5.74, 6) is 0.803. The highest BCUT2D eigenvalue weighted by Crippen LogP contribution is 2.30. The van der Waals surface area contributed by atoms with Crippen LogP contribution < -0.4 is 5.32 Å². The molecular formula is C11H11Cl2N3S2. The molecule has 0 spiro atoms. The molecule has 0 amide bonds. The third-order valence-corrected chi connectivity index (χ3v) is 4.91. The fourth-order valence-electron chi connectivity index (χ4n) is 1.27. The van der Waals surface area contributed by atoms with Crippen LogP contribution in [0.25, 0.3) is 0 Å². The Morgan fingerprint density at radius 1 is 1.28 bits per heavy atom. The number of benzene rings is 1. The lowest BCUT2D eigenvalue weighted by molar-refractivity contribution is 1.00. The molecule has 0 aliphatic rings. The molecule has 0 aliphatic heterocycles. The van der Waals surface area contributed by atoms with Crippen LogP contribution >= 0.6 is 46.3 Å². The summed E-state index contributed by atoms with van der Waals surface area (Å²) in [6, 6.07) is 5.65. The monoisotopic (exact) mass is 319 g/mol. The van der Waals surface area contributed by atoms with E-state index in [1.54, 1.807) is 23.1 Å². The number of hydrogen-bond acceptors (Lipinski definition) is 5. The molecule has 1 heterocycles. The van der Waals surface area contributed by atoms with Crippen LogP contribution in [0.3, 0.4) is 0 Å². The number of nitrogens with zero attached hydrogens (tertiary/aromatic N) is 2. The molecule has 18 heavy (non-hydrogen) atoms. The Morgan fingerprint density at radius 3 is 2.83 bits per heavy atom. The van der Waals surface area contributed by atoms with Crippen LogP contribution in [-0.2, 0) is 5.75 Å². The van der Waals surface area contributed by atoms with Gasteiger partial charge in [-0.15, -0.1) is 10.2 Å². The van der Waals surface area contributed by atoms with Crippen molar-refractivity contribution in [2.75, 3.05) is 11.9 Å². The number of halogens is 2. The molecule has 0 bridgehead atoms. The number of rotatable bonds is 5. The smallest absolute Gasteiger partial charge is 0.206 e. The van der Waals surface area contributed by atoms with E-state index < -0.39 is 0 Å². The molecule has 0 unspecified atom stereocenters. The largest absolute Gasteiger partial charge is 0.360 e. The van der Waals surface area contributed by atoms with Crippen molar-refractivity contribution in [2.24, 2.45) is 0 Å². The maximum absolute atomic E-state index is 5.96. The first kappa shape index (κ1) is 13.9. The molecular weight excluding hydrogens is 309 g/mol. The summed E-state index contributed by atoms with van der Waals surface area (Å²) in [5, 5.41) is 13.3. The third-order valence-electron chi connectivity index (χ3n) is 2.08. The summed E-state index contributed by atoms with van der Waals surface area (Å²) in [4.78, 5) is 0. The van der Waals surface area contributed by atoms with Gasteiger partial charge < -0.3 is 5.32 Å². The Kier molecular flexibility index (Phi) is 5.12. The van der Waals surface area contributed by atoms with E-state index in [-0.39, 0.29) is 0 Å². The number of thioether (sulfide) groups is 1. The van der Waals surface area contributed by atoms with Crippen LogP contribution in [0.4, 0.5) is 5.13 Å². The van der Waals surface area contributed by atoms with E-state index in [9.17, 15) is 0 Å². The fraction of sp³-hybridized carbons (Fsp3) is 0.273. The quantitative estimate of drug-likeness (QED) is 0.819. The highest BCUT2D eigenvalue weighted by atomic mass is 35.5. The first-order valence-electron chi connectivity index (χ1n) is 5.33. The Bertz CT molecular complexity index is 531. The van der Waals surface area contributed by atoms with E-state index >= 15 is 0 Å². The second kappa shape index (κ2) is 6.61. The van der Waals surface area contributed by atoms with Gasteiger partial charge in [-0.2, -0.15) is 0 Å². The second-order valence-electron chi connectivity index (χ2n) is 3.44. The van der Waals surface area contributed by atoms with E-state index in [1.165, 1.54) is 0 Å². The van der Waals surface area contributed by atoms with Gasteiger partial charge in [0, 0.05) is 12.3 Å². The maximum Gasteiger partial charge on any atom is 0.206 e. The van der Waals surface area contributed by atoms with Gasteiger partial charge in [0.25, 0.3) is 0 Å². The highest BCUT2D eigenvalue weighted by molar-refractivity contribution is 8.00. The predicted molar refractivity (Wildman–Crippen MR) is 80.1 cm³/mol. The molecule has 2 aromatic rings. The van der Waals surface area contributed by atoms with Crippen molar-refractivity contribution in [1.82, 2.24) is 10.2 Å². The molecule has 0 aliphatic carbocycles. The molecule has 0 saturated carbocycles. The molecule has 3 nitrogen and oxygen atoms in total. The van der Waals surface area contributed by atoms with Gasteiger partial charge in [-0.25, -0.2) is 0 Å². The van der Waals surface area contributed by atoms with Crippen molar-refractivity contribution < 1.29 is 0 Å². The van der Waals surface area contributed by atoms with Gasteiger partial charge in [0.2, 0.25) is 5.13 Å². The summed E-state index contributed by atoms with van der Waals surface area (Å²) in [6.45, 7) is 2.88. The van der Waals surface area contributed by atoms with Crippen LogP contribution in [0.1, 0.15) is 12.5 Å². The van der Waals surface area contributed by atoms with E-state index in [4.69, 9.17) is 23.2 Å². The van der Waals surface area contributed by atoms with Gasteiger partial charge in [0.15, 0.2) is 4.34 Å². The van der Waals surface area contributed by atoms with Crippen molar-refractivity contribution in [2.45, 2.75) is 17.0 Å². The lowest BCUT2D eigenvalue weighted by Crippen LogP contribution is -1.94. The Hall–Kier alpha value is -0.490. The minimum Gasteiger partial charge on any atom is -0.360 e. The van der Waals surface area contributed by atoms with Crippen LogP contribution in [-0.4, -0.2) is 16.7 Å². The molecule has 0 radical (unpaired) electrons. The molecule has 7 heteroatoms. The van der Waals surface area contributed by atoms with Gasteiger partial charge in [-0.3, -0.25) is 0 Å². The van der Waals surface area contributed by atoms with E-state index in [1.807, 2.05) is 25.1 Å². The van der Waals surface area contributed by atoms with E-state index in [2.05, 4.69) is 15.5 Å². The molecule has 1 N–H and O–H groups in total. The van der Waals surface area contributed by atoms with Crippen molar-refractivity contribution in [1.29, 1.82) is 0 Å². The average Bonchev–Trinajstić information content (AvgIpc) is 2.79. The fourth-order valence-corrected chi connectivity index (χ4v) is 3.35. The summed E-state index contributed by atoms with van der Waals surface area (Å²) >= 11 is 15.0. The molecule has 2 rings (SSSR count). The van der Waals surface area contributed by atoms with E-state index in [0.717, 1.165) is 27.3 Å². The Balaban J connectivity index is 1.95. The minimum atomic E-state index is 0.579. The van der Waals surface area contributed by atoms with Gasteiger partial charge in [0.05, 0.1) is 10.0 Å². The van der Waals surface area contributed by atoms with Crippen molar-refractivity contribution in [3.8, 4) is 0 Å². The zero-order valence-electron chi connectivity index (χ0n) is 9.61. The van der Waals surface area contributed by atoms with Gasteiger partial charge in [0.1, 0.15) is 0 Å². The lowest BCUT2D eigenvalue weighted by Gasteiger charge is -2.01. The number of aromatic nitrogens is 2. The van der Waals surface area contributed by atoms with Crippen molar-refractivity contribution >= 4 is 51.4 Å². The first-order valence-corrected chi connectivity index (χ1v) is 7.89. The summed E-state index contributed by atoms with van der Waals surface area (Å²) in [6.07, 6.45) is 0. The molecule has 1 aromatic heterocycles.